The van der Waals surface area contributed by atoms with Crippen LogP contribution in [0.1, 0.15) is 47.8 Å². The van der Waals surface area contributed by atoms with Gasteiger partial charge in [0.05, 0.1) is 25.4 Å². The van der Waals surface area contributed by atoms with Gasteiger partial charge in [-0.3, -0.25) is 4.79 Å². The van der Waals surface area contributed by atoms with E-state index in [0.717, 1.165) is 5.56 Å². The number of phenolic OH excluding ortho intramolecular Hbond substituents is 1. The summed E-state index contributed by atoms with van der Waals surface area (Å²) in [6, 6.07) is 7.47. The van der Waals surface area contributed by atoms with E-state index in [2.05, 4.69) is 0 Å². The van der Waals surface area contributed by atoms with Gasteiger partial charge in [0.25, 0.3) is 0 Å². The number of esters is 1. The fourth-order valence-electron chi connectivity index (χ4n) is 5.16. The Balaban J connectivity index is 1.60. The standard InChI is InChI=1S/C26H30O10/c1-11-20(29)12(2)23-19-17(9-16(33-22(11)19)14-5-7-15(31-4)8-6-14)34-25-24(32-13(3)28)21(30)18(10-27)35-26(25)36-23/h5-8,16-18,21,24-27,29-30H,9-10H2,1-4H3/t16-,17-,18+,21+,24-,25+,26-/m0/s1. The molecule has 2 aromatic rings. The summed E-state index contributed by atoms with van der Waals surface area (Å²) < 4.78 is 35.6. The Morgan fingerprint density at radius 2 is 1.72 bits per heavy atom. The second-order valence-electron chi connectivity index (χ2n) is 9.28. The number of hydrogen-bond acceptors (Lipinski definition) is 10. The molecule has 0 saturated carbocycles. The van der Waals surface area contributed by atoms with Gasteiger partial charge in [0.2, 0.25) is 6.29 Å². The number of aromatic hydroxyl groups is 1. The Labute approximate surface area is 208 Å². The lowest BCUT2D eigenvalue weighted by Gasteiger charge is -2.43. The molecule has 0 amide bonds. The third kappa shape index (κ3) is 4.03. The van der Waals surface area contributed by atoms with Gasteiger partial charge in [0, 0.05) is 24.5 Å². The van der Waals surface area contributed by atoms with Crippen LogP contribution >= 0.6 is 0 Å². The molecule has 7 atom stereocenters. The largest absolute Gasteiger partial charge is 0.507 e. The lowest BCUT2D eigenvalue weighted by molar-refractivity contribution is -0.294. The Bertz CT molecular complexity index is 1150. The Morgan fingerprint density at radius 3 is 2.33 bits per heavy atom. The van der Waals surface area contributed by atoms with E-state index in [0.29, 0.717) is 40.4 Å². The molecule has 36 heavy (non-hydrogen) atoms. The quantitative estimate of drug-likeness (QED) is 0.535. The minimum Gasteiger partial charge on any atom is -0.507 e. The first-order valence-electron chi connectivity index (χ1n) is 11.8. The smallest absolute Gasteiger partial charge is 0.303 e. The van der Waals surface area contributed by atoms with Crippen LogP contribution in [-0.4, -0.2) is 65.7 Å². The molecule has 0 radical (unpaired) electrons. The summed E-state index contributed by atoms with van der Waals surface area (Å²) in [7, 11) is 1.59. The highest BCUT2D eigenvalue weighted by molar-refractivity contribution is 5.66. The molecule has 0 aromatic heterocycles. The molecule has 3 aliphatic heterocycles. The predicted molar refractivity (Wildman–Crippen MR) is 124 cm³/mol. The third-order valence-corrected chi connectivity index (χ3v) is 7.03. The van der Waals surface area contributed by atoms with Crippen LogP contribution in [0.4, 0.5) is 0 Å². The van der Waals surface area contributed by atoms with Crippen LogP contribution < -0.4 is 14.2 Å². The van der Waals surface area contributed by atoms with E-state index < -0.39 is 55.5 Å². The minimum atomic E-state index is -1.34. The molecule has 1 fully saturated rings. The number of ether oxygens (including phenoxy) is 6. The summed E-state index contributed by atoms with van der Waals surface area (Å²) in [5, 5.41) is 31.5. The van der Waals surface area contributed by atoms with Crippen LogP contribution in [0.15, 0.2) is 24.3 Å². The van der Waals surface area contributed by atoms with Crippen molar-refractivity contribution in [3.05, 3.63) is 46.5 Å². The van der Waals surface area contributed by atoms with Gasteiger partial charge < -0.3 is 43.7 Å². The van der Waals surface area contributed by atoms with Crippen molar-refractivity contribution in [3.63, 3.8) is 0 Å². The maximum absolute atomic E-state index is 11.9. The van der Waals surface area contributed by atoms with Crippen LogP contribution in [-0.2, 0) is 19.0 Å². The summed E-state index contributed by atoms with van der Waals surface area (Å²) in [5.41, 5.74) is 2.51. The summed E-state index contributed by atoms with van der Waals surface area (Å²) in [4.78, 5) is 11.9. The van der Waals surface area contributed by atoms with E-state index in [9.17, 15) is 20.1 Å². The molecule has 3 heterocycles. The fourth-order valence-corrected chi connectivity index (χ4v) is 5.16. The highest BCUT2D eigenvalue weighted by Gasteiger charge is 2.53. The van der Waals surface area contributed by atoms with E-state index in [-0.39, 0.29) is 5.75 Å². The number of methoxy groups -OCH3 is 1. The van der Waals surface area contributed by atoms with Crippen molar-refractivity contribution < 1.29 is 48.5 Å². The number of fused-ring (bicyclic) bond motifs is 1. The van der Waals surface area contributed by atoms with Crippen LogP contribution in [0.5, 0.6) is 23.0 Å². The number of aliphatic hydroxyl groups is 2. The van der Waals surface area contributed by atoms with Gasteiger partial charge in [0.15, 0.2) is 12.2 Å². The van der Waals surface area contributed by atoms with E-state index >= 15 is 0 Å². The van der Waals surface area contributed by atoms with Crippen LogP contribution in [0.25, 0.3) is 0 Å². The normalized spacial score (nSPS) is 30.7. The maximum Gasteiger partial charge on any atom is 0.303 e. The van der Waals surface area contributed by atoms with Crippen LogP contribution in [0.2, 0.25) is 0 Å². The van der Waals surface area contributed by atoms with Gasteiger partial charge in [0.1, 0.15) is 41.3 Å². The molecule has 0 spiro atoms. The second kappa shape index (κ2) is 9.44. The van der Waals surface area contributed by atoms with Crippen molar-refractivity contribution >= 4 is 5.97 Å². The monoisotopic (exact) mass is 502 g/mol. The molecule has 3 aliphatic rings. The molecule has 10 nitrogen and oxygen atoms in total. The molecule has 5 rings (SSSR count). The first kappa shape index (κ1) is 24.6. The molecule has 3 N–H and O–H groups in total. The lowest BCUT2D eigenvalue weighted by Crippen LogP contribution is -2.61. The van der Waals surface area contributed by atoms with Crippen molar-refractivity contribution in [2.24, 2.45) is 0 Å². The molecular weight excluding hydrogens is 472 g/mol. The van der Waals surface area contributed by atoms with Crippen molar-refractivity contribution in [1.29, 1.82) is 0 Å². The van der Waals surface area contributed by atoms with Gasteiger partial charge in [-0.15, -0.1) is 0 Å². The molecule has 2 aromatic carbocycles. The van der Waals surface area contributed by atoms with Gasteiger partial charge in [-0.05, 0) is 31.5 Å². The summed E-state index contributed by atoms with van der Waals surface area (Å²) in [5.74, 6) is 0.887. The fraction of sp³-hybridized carbons (Fsp3) is 0.500. The van der Waals surface area contributed by atoms with Crippen LogP contribution in [0, 0.1) is 13.8 Å². The number of carbonyl (C=O) groups excluding carboxylic acids is 1. The van der Waals surface area contributed by atoms with Crippen molar-refractivity contribution in [2.75, 3.05) is 13.7 Å². The highest BCUT2D eigenvalue weighted by Crippen LogP contribution is 2.55. The Hall–Kier alpha value is -3.05. The Morgan fingerprint density at radius 1 is 1.06 bits per heavy atom. The van der Waals surface area contributed by atoms with E-state index in [1.54, 1.807) is 21.0 Å². The number of rotatable bonds is 4. The summed E-state index contributed by atoms with van der Waals surface area (Å²) in [6.45, 7) is 4.19. The van der Waals surface area contributed by atoms with Crippen LogP contribution in [0.3, 0.4) is 0 Å². The number of phenols is 1. The molecule has 0 unspecified atom stereocenters. The number of aliphatic hydroxyl groups excluding tert-OH is 2. The zero-order valence-corrected chi connectivity index (χ0v) is 20.5. The average Bonchev–Trinajstić information content (AvgIpc) is 3.04. The van der Waals surface area contributed by atoms with Crippen molar-refractivity contribution in [1.82, 2.24) is 0 Å². The summed E-state index contributed by atoms with van der Waals surface area (Å²) >= 11 is 0. The topological polar surface area (TPSA) is 133 Å². The molecule has 194 valence electrons. The zero-order chi connectivity index (χ0) is 25.7. The summed E-state index contributed by atoms with van der Waals surface area (Å²) in [6.07, 6.45) is -6.31. The molecular formula is C26H30O10. The molecule has 0 bridgehead atoms. The average molecular weight is 503 g/mol. The van der Waals surface area contributed by atoms with Gasteiger partial charge in [-0.2, -0.15) is 0 Å². The number of benzene rings is 2. The van der Waals surface area contributed by atoms with Gasteiger partial charge in [-0.1, -0.05) is 12.1 Å². The predicted octanol–water partition coefficient (Wildman–Crippen LogP) is 2.37. The van der Waals surface area contributed by atoms with E-state index in [1.165, 1.54) is 6.92 Å². The number of hydrogen-bond donors (Lipinski definition) is 3. The molecule has 1 saturated heterocycles. The van der Waals surface area contributed by atoms with E-state index in [1.807, 2.05) is 24.3 Å². The first-order valence-corrected chi connectivity index (χ1v) is 11.8. The number of carbonyl (C=O) groups is 1. The third-order valence-electron chi connectivity index (χ3n) is 7.03. The first-order chi connectivity index (χ1) is 17.2. The van der Waals surface area contributed by atoms with Crippen molar-refractivity contribution in [3.8, 4) is 23.0 Å². The van der Waals surface area contributed by atoms with Crippen molar-refractivity contribution in [2.45, 2.75) is 70.1 Å². The zero-order valence-electron chi connectivity index (χ0n) is 20.5. The second-order valence-corrected chi connectivity index (χ2v) is 9.28. The molecule has 10 heteroatoms. The minimum absolute atomic E-state index is 0.0161. The highest BCUT2D eigenvalue weighted by atomic mass is 16.7. The van der Waals surface area contributed by atoms with Gasteiger partial charge >= 0.3 is 5.97 Å². The lowest BCUT2D eigenvalue weighted by atomic mass is 9.90. The maximum atomic E-state index is 11.9. The SMILES string of the molecule is COc1ccc([C@@H]2C[C@@H]3O[C@H]4[C@H](Oc5c(C)c(O)c(C)c(c53)O2)O[C@H](CO)[C@@H](O)[C@@H]4OC(C)=O)cc1. The molecule has 0 aliphatic carbocycles. The Kier molecular flexibility index (Phi) is 6.46. The van der Waals surface area contributed by atoms with Gasteiger partial charge in [-0.25, -0.2) is 0 Å². The van der Waals surface area contributed by atoms with E-state index in [4.69, 9.17) is 28.4 Å².